The van der Waals surface area contributed by atoms with Crippen LogP contribution < -0.4 is 11.1 Å². The van der Waals surface area contributed by atoms with E-state index in [1.54, 1.807) is 6.92 Å². The van der Waals surface area contributed by atoms with Gasteiger partial charge < -0.3 is 21.1 Å². The van der Waals surface area contributed by atoms with Gasteiger partial charge in [0.25, 0.3) is 0 Å². The van der Waals surface area contributed by atoms with Crippen molar-refractivity contribution in [2.75, 3.05) is 27.2 Å². The van der Waals surface area contributed by atoms with Gasteiger partial charge in [-0.2, -0.15) is 0 Å². The number of hydrogen-bond donors (Lipinski definition) is 3. The van der Waals surface area contributed by atoms with Crippen LogP contribution in [0.5, 0.6) is 0 Å². The topological polar surface area (TPSA) is 78.6 Å². The van der Waals surface area contributed by atoms with E-state index in [0.29, 0.717) is 12.5 Å². The van der Waals surface area contributed by atoms with Gasteiger partial charge in [-0.05, 0) is 39.8 Å². The molecule has 5 nitrogen and oxygen atoms in total. The van der Waals surface area contributed by atoms with Gasteiger partial charge in [-0.3, -0.25) is 4.79 Å². The zero-order chi connectivity index (χ0) is 14.7. The number of nitrogens with two attached hydrogens (primary N) is 1. The molecule has 3 unspecified atom stereocenters. The third-order valence-corrected chi connectivity index (χ3v) is 3.77. The SMILES string of the molecule is CC1CCCC(N)(C(=O)NCC(C)(O)CN(C)C)C1. The Bertz CT molecular complexity index is 318. The number of aliphatic hydroxyl groups is 1. The minimum atomic E-state index is -0.935. The Morgan fingerprint density at radius 1 is 1.58 bits per heavy atom. The molecule has 4 N–H and O–H groups in total. The van der Waals surface area contributed by atoms with Gasteiger partial charge in [0.05, 0.1) is 11.1 Å². The lowest BCUT2D eigenvalue weighted by atomic mass is 9.76. The fraction of sp³-hybridized carbons (Fsp3) is 0.929. The van der Waals surface area contributed by atoms with Crippen molar-refractivity contribution >= 4 is 5.91 Å². The molecule has 0 radical (unpaired) electrons. The quantitative estimate of drug-likeness (QED) is 0.673. The molecule has 1 aliphatic carbocycles. The molecule has 1 amide bonds. The summed E-state index contributed by atoms with van der Waals surface area (Å²) >= 11 is 0. The van der Waals surface area contributed by atoms with Gasteiger partial charge in [0.15, 0.2) is 0 Å². The lowest BCUT2D eigenvalue weighted by Crippen LogP contribution is -2.59. The second kappa shape index (κ2) is 6.20. The van der Waals surface area contributed by atoms with Crippen LogP contribution in [0.25, 0.3) is 0 Å². The van der Waals surface area contributed by atoms with Crippen molar-refractivity contribution in [3.05, 3.63) is 0 Å². The summed E-state index contributed by atoms with van der Waals surface area (Å²) in [6.45, 7) is 4.59. The van der Waals surface area contributed by atoms with Gasteiger partial charge in [0.1, 0.15) is 0 Å². The molecule has 0 aromatic rings. The molecule has 1 aliphatic rings. The average Bonchev–Trinajstić information content (AvgIpc) is 2.23. The largest absolute Gasteiger partial charge is 0.387 e. The van der Waals surface area contributed by atoms with Crippen LogP contribution in [0.1, 0.15) is 39.5 Å². The third-order valence-electron chi connectivity index (χ3n) is 3.77. The Morgan fingerprint density at radius 3 is 2.74 bits per heavy atom. The van der Waals surface area contributed by atoms with Crippen molar-refractivity contribution in [3.8, 4) is 0 Å². The summed E-state index contributed by atoms with van der Waals surface area (Å²) in [4.78, 5) is 14.1. The molecule has 0 heterocycles. The van der Waals surface area contributed by atoms with E-state index in [2.05, 4.69) is 12.2 Å². The van der Waals surface area contributed by atoms with E-state index in [1.165, 1.54) is 0 Å². The molecule has 0 saturated heterocycles. The number of amides is 1. The maximum atomic E-state index is 12.2. The molecule has 0 aromatic carbocycles. The first-order valence-corrected chi connectivity index (χ1v) is 7.09. The number of carbonyl (C=O) groups excluding carboxylic acids is 1. The Hall–Kier alpha value is -0.650. The van der Waals surface area contributed by atoms with Crippen molar-refractivity contribution in [2.45, 2.75) is 50.7 Å². The van der Waals surface area contributed by atoms with Crippen LogP contribution in [-0.4, -0.2) is 54.2 Å². The molecule has 0 aromatic heterocycles. The van der Waals surface area contributed by atoms with Crippen LogP contribution >= 0.6 is 0 Å². The van der Waals surface area contributed by atoms with Gasteiger partial charge in [-0.15, -0.1) is 0 Å². The molecular formula is C14H29N3O2. The number of hydrogen-bond acceptors (Lipinski definition) is 4. The van der Waals surface area contributed by atoms with Gasteiger partial charge in [-0.1, -0.05) is 19.8 Å². The van der Waals surface area contributed by atoms with E-state index in [9.17, 15) is 9.90 Å². The van der Waals surface area contributed by atoms with E-state index >= 15 is 0 Å². The highest BCUT2D eigenvalue weighted by Gasteiger charge is 2.38. The normalized spacial score (nSPS) is 31.0. The summed E-state index contributed by atoms with van der Waals surface area (Å²) in [6.07, 6.45) is 3.61. The van der Waals surface area contributed by atoms with Gasteiger partial charge in [0.2, 0.25) is 5.91 Å². The first-order valence-electron chi connectivity index (χ1n) is 7.09. The van der Waals surface area contributed by atoms with Gasteiger partial charge >= 0.3 is 0 Å². The van der Waals surface area contributed by atoms with Crippen LogP contribution in [0, 0.1) is 5.92 Å². The van der Waals surface area contributed by atoms with E-state index in [-0.39, 0.29) is 12.5 Å². The number of rotatable bonds is 5. The molecule has 3 atom stereocenters. The van der Waals surface area contributed by atoms with Crippen LogP contribution in [0.15, 0.2) is 0 Å². The van der Waals surface area contributed by atoms with Crippen molar-refractivity contribution < 1.29 is 9.90 Å². The van der Waals surface area contributed by atoms with E-state index < -0.39 is 11.1 Å². The number of carbonyl (C=O) groups is 1. The summed E-state index contributed by atoms with van der Waals surface area (Å²) in [5, 5.41) is 13.0. The molecule has 0 aliphatic heterocycles. The second-order valence-electron chi connectivity index (χ2n) is 6.78. The lowest BCUT2D eigenvalue weighted by Gasteiger charge is -2.36. The Kier molecular flexibility index (Phi) is 5.35. The Morgan fingerprint density at radius 2 is 2.21 bits per heavy atom. The molecule has 1 rings (SSSR count). The predicted octanol–water partition coefficient (Wildman–Crippen LogP) is 0.323. The van der Waals surface area contributed by atoms with Crippen LogP contribution in [0.2, 0.25) is 0 Å². The standard InChI is InChI=1S/C14H29N3O2/c1-11-6-5-7-14(15,8-11)12(18)16-9-13(2,19)10-17(3)4/h11,19H,5-10,15H2,1-4H3,(H,16,18). The van der Waals surface area contributed by atoms with Crippen LogP contribution in [-0.2, 0) is 4.79 Å². The fourth-order valence-electron chi connectivity index (χ4n) is 2.98. The van der Waals surface area contributed by atoms with Crippen molar-refractivity contribution in [3.63, 3.8) is 0 Å². The first-order chi connectivity index (χ1) is 8.65. The molecule has 19 heavy (non-hydrogen) atoms. The first kappa shape index (κ1) is 16.4. The van der Waals surface area contributed by atoms with E-state index in [1.807, 2.05) is 19.0 Å². The summed E-state index contributed by atoms with van der Waals surface area (Å²) in [5.74, 6) is 0.366. The minimum absolute atomic E-state index is 0.127. The minimum Gasteiger partial charge on any atom is -0.387 e. The molecule has 0 bridgehead atoms. The summed E-state index contributed by atoms with van der Waals surface area (Å²) in [5.41, 5.74) is 4.53. The van der Waals surface area contributed by atoms with Crippen molar-refractivity contribution in [2.24, 2.45) is 11.7 Å². The smallest absolute Gasteiger partial charge is 0.240 e. The highest BCUT2D eigenvalue weighted by molar-refractivity contribution is 5.86. The highest BCUT2D eigenvalue weighted by Crippen LogP contribution is 2.30. The van der Waals surface area contributed by atoms with Crippen LogP contribution in [0.3, 0.4) is 0 Å². The van der Waals surface area contributed by atoms with Crippen molar-refractivity contribution in [1.29, 1.82) is 0 Å². The van der Waals surface area contributed by atoms with Gasteiger partial charge in [0, 0.05) is 13.1 Å². The van der Waals surface area contributed by atoms with Crippen molar-refractivity contribution in [1.82, 2.24) is 10.2 Å². The number of nitrogens with one attached hydrogen (secondary N) is 1. The molecular weight excluding hydrogens is 242 g/mol. The second-order valence-corrected chi connectivity index (χ2v) is 6.78. The van der Waals surface area contributed by atoms with E-state index in [0.717, 1.165) is 25.7 Å². The Labute approximate surface area is 116 Å². The Balaban J connectivity index is 2.50. The fourth-order valence-corrected chi connectivity index (χ4v) is 2.98. The van der Waals surface area contributed by atoms with Gasteiger partial charge in [-0.25, -0.2) is 0 Å². The molecule has 112 valence electrons. The zero-order valence-corrected chi connectivity index (χ0v) is 12.7. The third kappa shape index (κ3) is 5.09. The summed E-state index contributed by atoms with van der Waals surface area (Å²) in [7, 11) is 3.78. The summed E-state index contributed by atoms with van der Waals surface area (Å²) in [6, 6.07) is 0. The maximum absolute atomic E-state index is 12.2. The molecule has 0 spiro atoms. The van der Waals surface area contributed by atoms with E-state index in [4.69, 9.17) is 5.73 Å². The number of likely N-dealkylation sites (N-methyl/N-ethyl adjacent to an activating group) is 1. The molecule has 1 saturated carbocycles. The number of nitrogens with zero attached hydrogens (tertiary/aromatic N) is 1. The summed E-state index contributed by atoms with van der Waals surface area (Å²) < 4.78 is 0. The van der Waals surface area contributed by atoms with Crippen LogP contribution in [0.4, 0.5) is 0 Å². The molecule has 5 heteroatoms. The highest BCUT2D eigenvalue weighted by atomic mass is 16.3. The molecule has 1 fully saturated rings. The lowest BCUT2D eigenvalue weighted by molar-refractivity contribution is -0.129. The zero-order valence-electron chi connectivity index (χ0n) is 12.7. The monoisotopic (exact) mass is 271 g/mol. The average molecular weight is 271 g/mol. The maximum Gasteiger partial charge on any atom is 0.240 e. The predicted molar refractivity (Wildman–Crippen MR) is 76.7 cm³/mol.